The summed E-state index contributed by atoms with van der Waals surface area (Å²) in [6, 6.07) is 14.0. The Morgan fingerprint density at radius 2 is 1.87 bits per heavy atom. The topological polar surface area (TPSA) is 87.8 Å². The van der Waals surface area contributed by atoms with Crippen LogP contribution >= 0.6 is 11.8 Å². The molecule has 0 bridgehead atoms. The van der Waals surface area contributed by atoms with Gasteiger partial charge in [0.2, 0.25) is 5.91 Å². The summed E-state index contributed by atoms with van der Waals surface area (Å²) in [5.74, 6) is -0.0708. The maximum absolute atomic E-state index is 13.1. The van der Waals surface area contributed by atoms with Crippen LogP contribution in [0.2, 0.25) is 0 Å². The van der Waals surface area contributed by atoms with E-state index >= 15 is 0 Å². The van der Waals surface area contributed by atoms with Crippen molar-refractivity contribution in [3.05, 3.63) is 46.8 Å². The van der Waals surface area contributed by atoms with E-state index in [4.69, 9.17) is 4.98 Å². The summed E-state index contributed by atoms with van der Waals surface area (Å²) in [4.78, 5) is 30.5. The van der Waals surface area contributed by atoms with Gasteiger partial charge in [-0.25, -0.2) is 4.98 Å². The highest BCUT2D eigenvalue weighted by Gasteiger charge is 2.32. The lowest BCUT2D eigenvalue weighted by molar-refractivity contribution is -0.120. The van der Waals surface area contributed by atoms with Crippen molar-refractivity contribution in [3.8, 4) is 6.07 Å². The van der Waals surface area contributed by atoms with Gasteiger partial charge < -0.3 is 5.32 Å². The van der Waals surface area contributed by atoms with Gasteiger partial charge in [0.1, 0.15) is 5.54 Å². The molecule has 1 aromatic heterocycles. The number of hydrogen-bond donors (Lipinski definition) is 1. The van der Waals surface area contributed by atoms with Crippen molar-refractivity contribution in [1.29, 1.82) is 5.26 Å². The van der Waals surface area contributed by atoms with Crippen molar-refractivity contribution >= 4 is 39.3 Å². The van der Waals surface area contributed by atoms with Gasteiger partial charge in [-0.2, -0.15) is 5.26 Å². The van der Waals surface area contributed by atoms with Crippen LogP contribution in [0.5, 0.6) is 0 Å². The van der Waals surface area contributed by atoms with Crippen molar-refractivity contribution in [2.45, 2.75) is 62.7 Å². The van der Waals surface area contributed by atoms with Crippen LogP contribution in [0.25, 0.3) is 21.7 Å². The molecule has 1 aliphatic rings. The van der Waals surface area contributed by atoms with Gasteiger partial charge in [0, 0.05) is 6.54 Å². The van der Waals surface area contributed by atoms with Crippen LogP contribution in [0, 0.1) is 11.3 Å². The number of fused-ring (bicyclic) bond motifs is 2. The quantitative estimate of drug-likeness (QED) is 0.278. The molecule has 0 unspecified atom stereocenters. The third kappa shape index (κ3) is 4.45. The Morgan fingerprint density at radius 3 is 2.52 bits per heavy atom. The summed E-state index contributed by atoms with van der Waals surface area (Å²) in [6.07, 6.45) is 5.51. The van der Waals surface area contributed by atoms with Gasteiger partial charge in [-0.1, -0.05) is 61.7 Å². The number of hydrogen-bond acceptors (Lipinski definition) is 5. The van der Waals surface area contributed by atoms with Gasteiger partial charge in [0.05, 0.1) is 22.7 Å². The molecular formula is C24H26N4O2S. The lowest BCUT2D eigenvalue weighted by Crippen LogP contribution is -2.47. The van der Waals surface area contributed by atoms with E-state index in [1.165, 1.54) is 11.8 Å². The zero-order chi connectivity index (χ0) is 21.8. The molecule has 160 valence electrons. The number of carbonyl (C=O) groups excluding carboxylic acids is 1. The number of thioether (sulfide) groups is 1. The average molecular weight is 435 g/mol. The fourth-order valence-corrected chi connectivity index (χ4v) is 5.17. The zero-order valence-electron chi connectivity index (χ0n) is 17.7. The number of nitrogens with one attached hydrogen (secondary N) is 1. The third-order valence-corrected chi connectivity index (χ3v) is 6.96. The molecule has 0 atom stereocenters. The summed E-state index contributed by atoms with van der Waals surface area (Å²) in [5, 5.41) is 15.8. The fourth-order valence-electron chi connectivity index (χ4n) is 4.31. The van der Waals surface area contributed by atoms with Crippen molar-refractivity contribution in [3.63, 3.8) is 0 Å². The number of nitriles is 1. The molecule has 2 aromatic carbocycles. The summed E-state index contributed by atoms with van der Waals surface area (Å²) in [5.41, 5.74) is -0.235. The molecule has 1 heterocycles. The molecule has 6 nitrogen and oxygen atoms in total. The van der Waals surface area contributed by atoms with Crippen molar-refractivity contribution in [2.75, 3.05) is 5.75 Å². The highest BCUT2D eigenvalue weighted by Crippen LogP contribution is 2.27. The van der Waals surface area contributed by atoms with Crippen LogP contribution in [-0.2, 0) is 11.3 Å². The normalized spacial score (nSPS) is 16.0. The summed E-state index contributed by atoms with van der Waals surface area (Å²) in [7, 11) is 0. The van der Waals surface area contributed by atoms with Crippen LogP contribution in [0.15, 0.2) is 46.3 Å². The standard InChI is InChI=1S/C24H26N4O2S/c1-2-28-22(30)19-13-17-9-5-6-10-18(17)14-20(19)26-23(28)31-15-21(29)27-24(16-25)11-7-3-4-8-12-24/h5-6,9-10,13-14H,2-4,7-8,11-12,15H2,1H3,(H,27,29). The van der Waals surface area contributed by atoms with Crippen LogP contribution in [0.4, 0.5) is 0 Å². The molecule has 1 aliphatic carbocycles. The Morgan fingerprint density at radius 1 is 1.19 bits per heavy atom. The van der Waals surface area contributed by atoms with Gasteiger partial charge in [-0.3, -0.25) is 14.2 Å². The minimum absolute atomic E-state index is 0.0987. The Labute approximate surface area is 185 Å². The highest BCUT2D eigenvalue weighted by molar-refractivity contribution is 7.99. The molecule has 0 aliphatic heterocycles. The number of benzene rings is 2. The van der Waals surface area contributed by atoms with Crippen LogP contribution in [-0.4, -0.2) is 26.8 Å². The smallest absolute Gasteiger partial charge is 0.262 e. The van der Waals surface area contributed by atoms with E-state index in [-0.39, 0.29) is 17.2 Å². The van der Waals surface area contributed by atoms with E-state index in [0.717, 1.165) is 36.5 Å². The SMILES string of the molecule is CCn1c(SCC(=O)NC2(C#N)CCCCCC2)nc2cc3ccccc3cc2c1=O. The number of rotatable bonds is 5. The van der Waals surface area contributed by atoms with Crippen molar-refractivity contribution in [2.24, 2.45) is 0 Å². The Kier molecular flexibility index (Phi) is 6.28. The van der Waals surface area contributed by atoms with Crippen LogP contribution in [0.1, 0.15) is 45.4 Å². The monoisotopic (exact) mass is 434 g/mol. The van der Waals surface area contributed by atoms with Crippen molar-refractivity contribution < 1.29 is 4.79 Å². The van der Waals surface area contributed by atoms with E-state index in [1.807, 2.05) is 43.3 Å². The lowest BCUT2D eigenvalue weighted by atomic mass is 9.92. The Bertz CT molecular complexity index is 1220. The minimum atomic E-state index is -0.770. The molecule has 31 heavy (non-hydrogen) atoms. The summed E-state index contributed by atoms with van der Waals surface area (Å²) < 4.78 is 1.61. The van der Waals surface area contributed by atoms with E-state index < -0.39 is 5.54 Å². The van der Waals surface area contributed by atoms with Gasteiger partial charge in [0.15, 0.2) is 5.16 Å². The molecule has 0 spiro atoms. The Hall–Kier alpha value is -2.85. The minimum Gasteiger partial charge on any atom is -0.337 e. The van der Waals surface area contributed by atoms with Crippen molar-refractivity contribution in [1.82, 2.24) is 14.9 Å². The molecule has 1 amide bonds. The summed E-state index contributed by atoms with van der Waals surface area (Å²) >= 11 is 1.25. The number of nitrogens with zero attached hydrogens (tertiary/aromatic N) is 3. The first-order valence-electron chi connectivity index (χ1n) is 10.8. The van der Waals surface area contributed by atoms with Crippen LogP contribution < -0.4 is 10.9 Å². The highest BCUT2D eigenvalue weighted by atomic mass is 32.2. The van der Waals surface area contributed by atoms with Gasteiger partial charge in [0.25, 0.3) is 5.56 Å². The maximum Gasteiger partial charge on any atom is 0.262 e. The predicted molar refractivity (Wildman–Crippen MR) is 124 cm³/mol. The molecule has 4 rings (SSSR count). The molecule has 7 heteroatoms. The second-order valence-corrected chi connectivity index (χ2v) is 9.05. The van der Waals surface area contributed by atoms with E-state index in [9.17, 15) is 14.9 Å². The predicted octanol–water partition coefficient (Wildman–Crippen LogP) is 4.39. The molecule has 1 N–H and O–H groups in total. The second kappa shape index (κ2) is 9.11. The maximum atomic E-state index is 13.1. The van der Waals surface area contributed by atoms with E-state index in [1.54, 1.807) is 4.57 Å². The molecular weight excluding hydrogens is 408 g/mol. The van der Waals surface area contributed by atoms with Gasteiger partial charge >= 0.3 is 0 Å². The average Bonchev–Trinajstić information content (AvgIpc) is 3.02. The number of carbonyl (C=O) groups is 1. The number of amides is 1. The Balaban J connectivity index is 1.59. The van der Waals surface area contributed by atoms with E-state index in [2.05, 4.69) is 11.4 Å². The number of aromatic nitrogens is 2. The second-order valence-electron chi connectivity index (χ2n) is 8.11. The molecule has 0 saturated heterocycles. The first-order valence-corrected chi connectivity index (χ1v) is 11.8. The fraction of sp³-hybridized carbons (Fsp3) is 0.417. The molecule has 1 fully saturated rings. The summed E-state index contributed by atoms with van der Waals surface area (Å²) in [6.45, 7) is 2.37. The zero-order valence-corrected chi connectivity index (χ0v) is 18.5. The first-order chi connectivity index (χ1) is 15.0. The van der Waals surface area contributed by atoms with E-state index in [0.29, 0.717) is 35.4 Å². The largest absolute Gasteiger partial charge is 0.337 e. The third-order valence-electron chi connectivity index (χ3n) is 5.98. The molecule has 0 radical (unpaired) electrons. The lowest BCUT2D eigenvalue weighted by Gasteiger charge is -2.26. The van der Waals surface area contributed by atoms with Crippen LogP contribution in [0.3, 0.4) is 0 Å². The first kappa shape index (κ1) is 21.4. The van der Waals surface area contributed by atoms with Gasteiger partial charge in [-0.05, 0) is 42.7 Å². The molecule has 3 aromatic rings. The van der Waals surface area contributed by atoms with Gasteiger partial charge in [-0.15, -0.1) is 0 Å². The molecule has 1 saturated carbocycles.